The van der Waals surface area contributed by atoms with Crippen molar-refractivity contribution in [3.63, 3.8) is 0 Å². The number of ether oxygens (including phenoxy) is 1. The van der Waals surface area contributed by atoms with Crippen LogP contribution in [-0.2, 0) is 9.53 Å². The number of esters is 1. The topological polar surface area (TPSA) is 128 Å². The summed E-state index contributed by atoms with van der Waals surface area (Å²) in [4.78, 5) is 54.0. The van der Waals surface area contributed by atoms with E-state index in [4.69, 9.17) is 22.1 Å². The quantitative estimate of drug-likeness (QED) is 0.286. The first-order valence-electron chi connectivity index (χ1n) is 9.07. The van der Waals surface area contributed by atoms with Crippen LogP contribution in [0.3, 0.4) is 0 Å². The molecule has 3 N–H and O–H groups in total. The van der Waals surface area contributed by atoms with Crippen LogP contribution in [0, 0.1) is 0 Å². The van der Waals surface area contributed by atoms with E-state index in [0.29, 0.717) is 0 Å². The van der Waals surface area contributed by atoms with Gasteiger partial charge in [-0.05, 0) is 24.3 Å². The maximum absolute atomic E-state index is 12.9. The van der Waals surface area contributed by atoms with Crippen LogP contribution in [0.4, 0.5) is 11.4 Å². The standard InChI is InChI=1S/C22H14ClN3O5/c23-21-15(6-3-9-25-21)26-16(27)10-31-22(30)14-8-7-13-17(18(14)24)20(29)12-5-2-1-4-11(12)19(13)28/h1-9H,10,24H2,(H,26,27). The number of carbonyl (C=O) groups is 4. The van der Waals surface area contributed by atoms with Crippen molar-refractivity contribution in [2.24, 2.45) is 0 Å². The number of benzene rings is 2. The van der Waals surface area contributed by atoms with E-state index in [0.717, 1.165) is 0 Å². The molecule has 0 fully saturated rings. The smallest absolute Gasteiger partial charge is 0.340 e. The van der Waals surface area contributed by atoms with Gasteiger partial charge in [-0.3, -0.25) is 14.4 Å². The molecular formula is C22H14ClN3O5. The molecule has 0 spiro atoms. The van der Waals surface area contributed by atoms with Crippen LogP contribution in [0.5, 0.6) is 0 Å². The second-order valence-electron chi connectivity index (χ2n) is 6.62. The largest absolute Gasteiger partial charge is 0.452 e. The molecule has 0 saturated heterocycles. The molecule has 0 saturated carbocycles. The molecule has 154 valence electrons. The fraction of sp³-hybridized carbons (Fsp3) is 0.0455. The molecule has 1 aromatic heterocycles. The van der Waals surface area contributed by atoms with E-state index in [-0.39, 0.29) is 50.1 Å². The van der Waals surface area contributed by atoms with E-state index in [1.807, 2.05) is 0 Å². The summed E-state index contributed by atoms with van der Waals surface area (Å²) in [7, 11) is 0. The summed E-state index contributed by atoms with van der Waals surface area (Å²) in [6.45, 7) is -0.615. The van der Waals surface area contributed by atoms with Gasteiger partial charge in [0.1, 0.15) is 0 Å². The summed E-state index contributed by atoms with van der Waals surface area (Å²) in [6.07, 6.45) is 1.46. The Balaban J connectivity index is 1.54. The van der Waals surface area contributed by atoms with Gasteiger partial charge in [0.25, 0.3) is 5.91 Å². The Labute approximate surface area is 181 Å². The molecule has 9 heteroatoms. The van der Waals surface area contributed by atoms with Crippen molar-refractivity contribution >= 4 is 46.4 Å². The number of aromatic nitrogens is 1. The predicted octanol–water partition coefficient (Wildman–Crippen LogP) is 2.89. The third kappa shape index (κ3) is 3.64. The first-order chi connectivity index (χ1) is 14.9. The van der Waals surface area contributed by atoms with Crippen LogP contribution in [-0.4, -0.2) is 35.0 Å². The van der Waals surface area contributed by atoms with E-state index in [9.17, 15) is 19.2 Å². The average Bonchev–Trinajstić information content (AvgIpc) is 2.77. The summed E-state index contributed by atoms with van der Waals surface area (Å²) >= 11 is 5.87. The number of nitrogens with one attached hydrogen (secondary N) is 1. The Kier molecular flexibility index (Phi) is 5.22. The third-order valence-electron chi connectivity index (χ3n) is 4.72. The minimum atomic E-state index is -0.910. The number of nitrogen functional groups attached to an aromatic ring is 1. The predicted molar refractivity (Wildman–Crippen MR) is 112 cm³/mol. The Bertz CT molecular complexity index is 1270. The lowest BCUT2D eigenvalue weighted by Crippen LogP contribution is -2.25. The summed E-state index contributed by atoms with van der Waals surface area (Å²) < 4.78 is 5.01. The number of ketones is 2. The Hall–Kier alpha value is -4.04. The van der Waals surface area contributed by atoms with Crippen molar-refractivity contribution < 1.29 is 23.9 Å². The molecular weight excluding hydrogens is 422 g/mol. The first-order valence-corrected chi connectivity index (χ1v) is 9.44. The lowest BCUT2D eigenvalue weighted by molar-refractivity contribution is -0.119. The first kappa shape index (κ1) is 20.2. The van der Waals surface area contributed by atoms with Gasteiger partial charge in [-0.2, -0.15) is 0 Å². The normalized spacial score (nSPS) is 12.0. The van der Waals surface area contributed by atoms with Crippen LogP contribution < -0.4 is 11.1 Å². The molecule has 1 aliphatic rings. The molecule has 0 unspecified atom stereocenters. The van der Waals surface area contributed by atoms with Gasteiger partial charge in [0.15, 0.2) is 23.3 Å². The molecule has 3 aromatic rings. The molecule has 8 nitrogen and oxygen atoms in total. The van der Waals surface area contributed by atoms with Gasteiger partial charge in [0, 0.05) is 22.9 Å². The number of nitrogens with zero attached hydrogens (tertiary/aromatic N) is 1. The number of fused-ring (bicyclic) bond motifs is 2. The molecule has 0 bridgehead atoms. The average molecular weight is 436 g/mol. The molecule has 4 rings (SSSR count). The van der Waals surface area contributed by atoms with E-state index < -0.39 is 24.3 Å². The third-order valence-corrected chi connectivity index (χ3v) is 5.02. The molecule has 31 heavy (non-hydrogen) atoms. The van der Waals surface area contributed by atoms with Gasteiger partial charge in [0.05, 0.1) is 22.5 Å². The van der Waals surface area contributed by atoms with Crippen molar-refractivity contribution in [3.05, 3.63) is 87.7 Å². The highest BCUT2D eigenvalue weighted by Gasteiger charge is 2.33. The Morgan fingerprint density at radius 2 is 1.68 bits per heavy atom. The van der Waals surface area contributed by atoms with Crippen molar-refractivity contribution in [2.45, 2.75) is 0 Å². The van der Waals surface area contributed by atoms with Gasteiger partial charge in [0.2, 0.25) is 0 Å². The fourth-order valence-corrected chi connectivity index (χ4v) is 3.43. The monoisotopic (exact) mass is 435 g/mol. The highest BCUT2D eigenvalue weighted by atomic mass is 35.5. The van der Waals surface area contributed by atoms with Gasteiger partial charge in [-0.1, -0.05) is 35.9 Å². The second kappa shape index (κ2) is 8.00. The number of hydrogen-bond donors (Lipinski definition) is 2. The van der Waals surface area contributed by atoms with E-state index in [2.05, 4.69) is 10.3 Å². The molecule has 1 heterocycles. The zero-order valence-electron chi connectivity index (χ0n) is 15.8. The van der Waals surface area contributed by atoms with E-state index >= 15 is 0 Å². The summed E-state index contributed by atoms with van der Waals surface area (Å²) in [5, 5.41) is 2.55. The number of carbonyl (C=O) groups excluding carboxylic acids is 4. The Morgan fingerprint density at radius 1 is 0.968 bits per heavy atom. The number of hydrogen-bond acceptors (Lipinski definition) is 7. The van der Waals surface area contributed by atoms with Crippen molar-refractivity contribution in [2.75, 3.05) is 17.7 Å². The zero-order chi connectivity index (χ0) is 22.1. The van der Waals surface area contributed by atoms with Crippen LogP contribution >= 0.6 is 11.6 Å². The van der Waals surface area contributed by atoms with E-state index in [1.54, 1.807) is 24.3 Å². The highest BCUT2D eigenvalue weighted by Crippen LogP contribution is 2.32. The highest BCUT2D eigenvalue weighted by molar-refractivity contribution is 6.32. The number of anilines is 2. The molecule has 1 amide bonds. The SMILES string of the molecule is Nc1c(C(=O)OCC(=O)Nc2cccnc2Cl)ccc2c1C(=O)c1ccccc1C2=O. The molecule has 1 aliphatic carbocycles. The number of pyridine rings is 1. The molecule has 0 aliphatic heterocycles. The van der Waals surface area contributed by atoms with Crippen LogP contribution in [0.2, 0.25) is 5.15 Å². The Morgan fingerprint density at radius 3 is 2.39 bits per heavy atom. The minimum absolute atomic E-state index is 0.0512. The van der Waals surface area contributed by atoms with Crippen molar-refractivity contribution in [3.8, 4) is 0 Å². The fourth-order valence-electron chi connectivity index (χ4n) is 3.26. The van der Waals surface area contributed by atoms with Gasteiger partial charge >= 0.3 is 5.97 Å². The van der Waals surface area contributed by atoms with Crippen molar-refractivity contribution in [1.82, 2.24) is 4.98 Å². The van der Waals surface area contributed by atoms with Crippen molar-refractivity contribution in [1.29, 1.82) is 0 Å². The molecule has 0 atom stereocenters. The molecule has 0 radical (unpaired) electrons. The van der Waals surface area contributed by atoms with Gasteiger partial charge < -0.3 is 15.8 Å². The summed E-state index contributed by atoms with van der Waals surface area (Å²) in [5.41, 5.74) is 6.59. The van der Waals surface area contributed by atoms with E-state index in [1.165, 1.54) is 30.5 Å². The lowest BCUT2D eigenvalue weighted by Gasteiger charge is -2.20. The second-order valence-corrected chi connectivity index (χ2v) is 6.98. The number of nitrogens with two attached hydrogens (primary N) is 1. The maximum atomic E-state index is 12.9. The maximum Gasteiger partial charge on any atom is 0.340 e. The zero-order valence-corrected chi connectivity index (χ0v) is 16.6. The van der Waals surface area contributed by atoms with Gasteiger partial charge in [-0.15, -0.1) is 0 Å². The summed E-state index contributed by atoms with van der Waals surface area (Å²) in [5.74, 6) is -2.36. The minimum Gasteiger partial charge on any atom is -0.452 e. The van der Waals surface area contributed by atoms with Crippen LogP contribution in [0.15, 0.2) is 54.7 Å². The summed E-state index contributed by atoms with van der Waals surface area (Å²) in [6, 6.07) is 12.2. The number of rotatable bonds is 4. The molecule has 2 aromatic carbocycles. The lowest BCUT2D eigenvalue weighted by atomic mass is 9.82. The van der Waals surface area contributed by atoms with Gasteiger partial charge in [-0.25, -0.2) is 9.78 Å². The van der Waals surface area contributed by atoms with Crippen LogP contribution in [0.1, 0.15) is 42.2 Å². The number of amides is 1. The van der Waals surface area contributed by atoms with Crippen LogP contribution in [0.25, 0.3) is 0 Å². The number of halogens is 1.